The van der Waals surface area contributed by atoms with Gasteiger partial charge in [0.15, 0.2) is 6.29 Å². The van der Waals surface area contributed by atoms with Gasteiger partial charge < -0.3 is 20.3 Å². The Morgan fingerprint density at radius 2 is 1.83 bits per heavy atom. The van der Waals surface area contributed by atoms with Crippen molar-refractivity contribution in [2.24, 2.45) is 0 Å². The van der Waals surface area contributed by atoms with Crippen molar-refractivity contribution in [3.63, 3.8) is 0 Å². The fraction of sp³-hybridized carbons (Fsp3) is 0.579. The zero-order chi connectivity index (χ0) is 16.5. The molecule has 0 unspecified atom stereocenters. The van der Waals surface area contributed by atoms with E-state index in [1.807, 2.05) is 18.5 Å². The Labute approximate surface area is 145 Å². The maximum absolute atomic E-state index is 6.03. The minimum atomic E-state index is 0.0996. The molecule has 0 atom stereocenters. The van der Waals surface area contributed by atoms with E-state index < -0.39 is 0 Å². The number of unbranched alkanes of at least 4 members (excludes halogenated alkanes) is 1. The summed E-state index contributed by atoms with van der Waals surface area (Å²) < 4.78 is 6.03. The quantitative estimate of drug-likeness (QED) is 0.607. The third-order valence-electron chi connectivity index (χ3n) is 4.65. The Bertz CT molecular complexity index is 506. The maximum atomic E-state index is 6.03. The predicted octanol–water partition coefficient (Wildman–Crippen LogP) is 2.37. The number of piperidine rings is 1. The highest BCUT2D eigenvalue weighted by Crippen LogP contribution is 2.18. The molecule has 132 valence electrons. The van der Waals surface area contributed by atoms with Gasteiger partial charge in [0.25, 0.3) is 0 Å². The first-order chi connectivity index (χ1) is 11.9. The van der Waals surface area contributed by atoms with Crippen molar-refractivity contribution in [2.45, 2.75) is 44.9 Å². The van der Waals surface area contributed by atoms with E-state index in [0.717, 1.165) is 25.3 Å². The van der Waals surface area contributed by atoms with E-state index >= 15 is 0 Å². The van der Waals surface area contributed by atoms with Crippen LogP contribution in [0.4, 0.5) is 0 Å². The number of likely N-dealkylation sites (tertiary alicyclic amines) is 1. The van der Waals surface area contributed by atoms with E-state index in [-0.39, 0.29) is 6.29 Å². The predicted molar refractivity (Wildman–Crippen MR) is 97.5 cm³/mol. The Hall–Kier alpha value is -1.72. The summed E-state index contributed by atoms with van der Waals surface area (Å²) in [6.07, 6.45) is 10.4. The van der Waals surface area contributed by atoms with Crippen LogP contribution >= 0.6 is 0 Å². The van der Waals surface area contributed by atoms with Crippen molar-refractivity contribution >= 4 is 0 Å². The molecule has 5 nitrogen and oxygen atoms in total. The number of hydrogen-bond donors (Lipinski definition) is 3. The number of rotatable bonds is 9. The molecular weight excluding hydrogens is 300 g/mol. The molecule has 1 aromatic carbocycles. The largest absolute Gasteiger partial charge is 0.493 e. The SMILES string of the molecule is C1=CNC(NCc2ccccc2OCCCCN2CCCCC2)N1. The molecule has 2 aliphatic heterocycles. The van der Waals surface area contributed by atoms with Crippen molar-refractivity contribution in [1.82, 2.24) is 20.9 Å². The third kappa shape index (κ3) is 5.42. The van der Waals surface area contributed by atoms with E-state index in [1.54, 1.807) is 0 Å². The summed E-state index contributed by atoms with van der Waals surface area (Å²) in [7, 11) is 0. The smallest absolute Gasteiger partial charge is 0.152 e. The maximum Gasteiger partial charge on any atom is 0.152 e. The molecule has 0 spiro atoms. The van der Waals surface area contributed by atoms with E-state index in [1.165, 1.54) is 50.9 Å². The number of ether oxygens (including phenoxy) is 1. The number of nitrogens with one attached hydrogen (secondary N) is 3. The summed E-state index contributed by atoms with van der Waals surface area (Å²) in [6.45, 7) is 5.36. The molecule has 3 rings (SSSR count). The van der Waals surface area contributed by atoms with Gasteiger partial charge in [-0.25, -0.2) is 0 Å². The highest BCUT2D eigenvalue weighted by atomic mass is 16.5. The molecule has 3 N–H and O–H groups in total. The van der Waals surface area contributed by atoms with Crippen molar-refractivity contribution < 1.29 is 4.74 Å². The number of hydrogen-bond acceptors (Lipinski definition) is 5. The van der Waals surface area contributed by atoms with Crippen LogP contribution in [0, 0.1) is 0 Å². The number of para-hydroxylation sites is 1. The first-order valence-electron chi connectivity index (χ1n) is 9.25. The molecule has 0 amide bonds. The molecule has 0 radical (unpaired) electrons. The van der Waals surface area contributed by atoms with E-state index in [0.29, 0.717) is 0 Å². The van der Waals surface area contributed by atoms with Crippen molar-refractivity contribution in [3.8, 4) is 5.75 Å². The topological polar surface area (TPSA) is 48.6 Å². The Kier molecular flexibility index (Phi) is 6.81. The van der Waals surface area contributed by atoms with Crippen LogP contribution in [-0.4, -0.2) is 37.4 Å². The minimum absolute atomic E-state index is 0.0996. The van der Waals surface area contributed by atoms with E-state index in [4.69, 9.17) is 4.74 Å². The van der Waals surface area contributed by atoms with Gasteiger partial charge in [-0.1, -0.05) is 24.6 Å². The monoisotopic (exact) mass is 330 g/mol. The Balaban J connectivity index is 1.35. The first-order valence-corrected chi connectivity index (χ1v) is 9.25. The second-order valence-corrected chi connectivity index (χ2v) is 6.55. The molecule has 0 bridgehead atoms. The van der Waals surface area contributed by atoms with Crippen LogP contribution in [0.25, 0.3) is 0 Å². The zero-order valence-corrected chi connectivity index (χ0v) is 14.5. The van der Waals surface area contributed by atoms with Gasteiger partial charge >= 0.3 is 0 Å². The van der Waals surface area contributed by atoms with Crippen molar-refractivity contribution in [2.75, 3.05) is 26.2 Å². The minimum Gasteiger partial charge on any atom is -0.493 e. The zero-order valence-electron chi connectivity index (χ0n) is 14.5. The second kappa shape index (κ2) is 9.55. The average molecular weight is 330 g/mol. The molecule has 1 aromatic rings. The average Bonchev–Trinajstić information content (AvgIpc) is 3.15. The lowest BCUT2D eigenvalue weighted by molar-refractivity contribution is 0.215. The van der Waals surface area contributed by atoms with Crippen LogP contribution in [0.5, 0.6) is 5.75 Å². The van der Waals surface area contributed by atoms with Crippen LogP contribution in [0.2, 0.25) is 0 Å². The van der Waals surface area contributed by atoms with Crippen molar-refractivity contribution in [3.05, 3.63) is 42.2 Å². The second-order valence-electron chi connectivity index (χ2n) is 6.55. The molecule has 2 heterocycles. The molecule has 2 aliphatic rings. The van der Waals surface area contributed by atoms with Gasteiger partial charge in [-0.15, -0.1) is 0 Å². The standard InChI is InChI=1S/C19H30N4O/c1-4-12-23(13-5-1)14-6-7-15-24-18-9-3-2-8-17(18)16-22-19-20-10-11-21-19/h2-3,8-11,19-22H,1,4-7,12-16H2. The molecule has 1 fully saturated rings. The summed E-state index contributed by atoms with van der Waals surface area (Å²) in [5.74, 6) is 0.994. The van der Waals surface area contributed by atoms with Crippen LogP contribution in [0.3, 0.4) is 0 Å². The van der Waals surface area contributed by atoms with E-state index in [9.17, 15) is 0 Å². The lowest BCUT2D eigenvalue weighted by atomic mass is 10.1. The molecule has 0 aliphatic carbocycles. The first kappa shape index (κ1) is 17.1. The van der Waals surface area contributed by atoms with Gasteiger partial charge in [-0.3, -0.25) is 5.32 Å². The Morgan fingerprint density at radius 3 is 2.67 bits per heavy atom. The lowest BCUT2D eigenvalue weighted by Gasteiger charge is -2.26. The molecule has 5 heteroatoms. The normalized spacial score (nSPS) is 18.3. The van der Waals surface area contributed by atoms with Gasteiger partial charge in [0.1, 0.15) is 5.75 Å². The molecule has 24 heavy (non-hydrogen) atoms. The summed E-state index contributed by atoms with van der Waals surface area (Å²) >= 11 is 0. The van der Waals surface area contributed by atoms with Crippen LogP contribution < -0.4 is 20.7 Å². The molecular formula is C19H30N4O. The third-order valence-corrected chi connectivity index (χ3v) is 4.65. The van der Waals surface area contributed by atoms with Crippen LogP contribution in [0.1, 0.15) is 37.7 Å². The fourth-order valence-electron chi connectivity index (χ4n) is 3.26. The highest BCUT2D eigenvalue weighted by molar-refractivity contribution is 5.33. The molecule has 1 saturated heterocycles. The molecule has 0 saturated carbocycles. The van der Waals surface area contributed by atoms with Gasteiger partial charge in [0, 0.05) is 24.5 Å². The van der Waals surface area contributed by atoms with E-state index in [2.05, 4.69) is 39.0 Å². The van der Waals surface area contributed by atoms with Gasteiger partial charge in [0.05, 0.1) is 6.61 Å². The summed E-state index contributed by atoms with van der Waals surface area (Å²) in [6, 6.07) is 8.29. The molecule has 0 aromatic heterocycles. The number of nitrogens with zero attached hydrogens (tertiary/aromatic N) is 1. The van der Waals surface area contributed by atoms with Gasteiger partial charge in [-0.05, 0) is 51.4 Å². The fourth-order valence-corrected chi connectivity index (χ4v) is 3.26. The summed E-state index contributed by atoms with van der Waals surface area (Å²) in [5.41, 5.74) is 1.20. The van der Waals surface area contributed by atoms with Gasteiger partial charge in [-0.2, -0.15) is 0 Å². The van der Waals surface area contributed by atoms with Gasteiger partial charge in [0.2, 0.25) is 0 Å². The van der Waals surface area contributed by atoms with Crippen LogP contribution in [-0.2, 0) is 6.54 Å². The lowest BCUT2D eigenvalue weighted by Crippen LogP contribution is -2.44. The van der Waals surface area contributed by atoms with Crippen LogP contribution in [0.15, 0.2) is 36.7 Å². The number of benzene rings is 1. The Morgan fingerprint density at radius 1 is 1.04 bits per heavy atom. The highest BCUT2D eigenvalue weighted by Gasteiger charge is 2.10. The summed E-state index contributed by atoms with van der Waals surface area (Å²) in [5, 5.41) is 9.79. The summed E-state index contributed by atoms with van der Waals surface area (Å²) in [4.78, 5) is 2.59. The van der Waals surface area contributed by atoms with Crippen molar-refractivity contribution in [1.29, 1.82) is 0 Å².